The van der Waals surface area contributed by atoms with Crippen LogP contribution in [0.1, 0.15) is 24.3 Å². The zero-order valence-electron chi connectivity index (χ0n) is 7.83. The first-order valence-corrected chi connectivity index (χ1v) is 5.83. The number of fused-ring (bicyclic) bond motifs is 1. The fourth-order valence-corrected chi connectivity index (χ4v) is 2.78. The summed E-state index contributed by atoms with van der Waals surface area (Å²) in [5.74, 6) is 0.814. The minimum absolute atomic E-state index is 0.814. The Labute approximate surface area is 92.1 Å². The Morgan fingerprint density at radius 1 is 1.00 bits per heavy atom. The predicted molar refractivity (Wildman–Crippen MR) is 63.6 cm³/mol. The van der Waals surface area contributed by atoms with Gasteiger partial charge >= 0.3 is 0 Å². The third kappa shape index (κ3) is 1.27. The van der Waals surface area contributed by atoms with Crippen molar-refractivity contribution < 1.29 is 0 Å². The molecular formula is C13H11Br. The highest BCUT2D eigenvalue weighted by Gasteiger charge is 2.25. The lowest BCUT2D eigenvalue weighted by Crippen LogP contribution is -1.83. The van der Waals surface area contributed by atoms with Crippen molar-refractivity contribution in [3.05, 3.63) is 46.4 Å². The van der Waals surface area contributed by atoms with Crippen LogP contribution in [0.15, 0.2) is 40.9 Å². The van der Waals surface area contributed by atoms with Crippen molar-refractivity contribution in [2.45, 2.75) is 18.8 Å². The van der Waals surface area contributed by atoms with Gasteiger partial charge in [0.15, 0.2) is 0 Å². The van der Waals surface area contributed by atoms with Gasteiger partial charge in [-0.15, -0.1) is 0 Å². The second kappa shape index (κ2) is 3.09. The van der Waals surface area contributed by atoms with Crippen molar-refractivity contribution >= 4 is 26.7 Å². The Morgan fingerprint density at radius 3 is 2.57 bits per heavy atom. The van der Waals surface area contributed by atoms with Crippen LogP contribution in [0.5, 0.6) is 0 Å². The Bertz CT molecular complexity index is 484. The molecule has 14 heavy (non-hydrogen) atoms. The molecule has 0 N–H and O–H groups in total. The van der Waals surface area contributed by atoms with Crippen molar-refractivity contribution in [2.75, 3.05) is 0 Å². The van der Waals surface area contributed by atoms with E-state index in [0.29, 0.717) is 0 Å². The van der Waals surface area contributed by atoms with Gasteiger partial charge in [-0.2, -0.15) is 0 Å². The van der Waals surface area contributed by atoms with E-state index in [4.69, 9.17) is 0 Å². The third-order valence-electron chi connectivity index (χ3n) is 2.91. The van der Waals surface area contributed by atoms with E-state index in [-0.39, 0.29) is 0 Å². The van der Waals surface area contributed by atoms with Crippen LogP contribution in [0.2, 0.25) is 0 Å². The Balaban J connectivity index is 2.30. The van der Waals surface area contributed by atoms with E-state index >= 15 is 0 Å². The van der Waals surface area contributed by atoms with Crippen LogP contribution in [0.3, 0.4) is 0 Å². The van der Waals surface area contributed by atoms with Crippen molar-refractivity contribution in [3.8, 4) is 0 Å². The minimum atomic E-state index is 0.814. The minimum Gasteiger partial charge on any atom is -0.0616 e. The van der Waals surface area contributed by atoms with Gasteiger partial charge in [-0.3, -0.25) is 0 Å². The lowest BCUT2D eigenvalue weighted by molar-refractivity contribution is 1.12. The standard InChI is InChI=1S/C13H11Br/c14-13-11-4-2-1-3-9(11)7-8-12(13)10-5-6-10/h1-4,7-8,10H,5-6H2. The highest BCUT2D eigenvalue weighted by molar-refractivity contribution is 9.10. The molecule has 0 nitrogen and oxygen atoms in total. The van der Waals surface area contributed by atoms with Crippen LogP contribution in [0.4, 0.5) is 0 Å². The van der Waals surface area contributed by atoms with Gasteiger partial charge < -0.3 is 0 Å². The molecule has 70 valence electrons. The molecule has 2 aromatic carbocycles. The van der Waals surface area contributed by atoms with E-state index in [0.717, 1.165) is 5.92 Å². The van der Waals surface area contributed by atoms with Gasteiger partial charge in [-0.05, 0) is 51.0 Å². The molecule has 0 aliphatic heterocycles. The fourth-order valence-electron chi connectivity index (χ4n) is 1.96. The second-order valence-electron chi connectivity index (χ2n) is 3.96. The van der Waals surface area contributed by atoms with E-state index in [1.165, 1.54) is 33.7 Å². The zero-order chi connectivity index (χ0) is 9.54. The van der Waals surface area contributed by atoms with Crippen molar-refractivity contribution in [2.24, 2.45) is 0 Å². The Kier molecular flexibility index (Phi) is 1.88. The molecule has 1 fully saturated rings. The molecule has 0 heterocycles. The molecule has 0 amide bonds. The number of benzene rings is 2. The van der Waals surface area contributed by atoms with Crippen LogP contribution in [-0.4, -0.2) is 0 Å². The van der Waals surface area contributed by atoms with Crippen LogP contribution < -0.4 is 0 Å². The number of rotatable bonds is 1. The largest absolute Gasteiger partial charge is 0.0616 e. The monoisotopic (exact) mass is 246 g/mol. The molecular weight excluding hydrogens is 236 g/mol. The predicted octanol–water partition coefficient (Wildman–Crippen LogP) is 4.48. The maximum Gasteiger partial charge on any atom is 0.0288 e. The summed E-state index contributed by atoms with van der Waals surface area (Å²) in [4.78, 5) is 0. The van der Waals surface area contributed by atoms with Crippen molar-refractivity contribution in [1.29, 1.82) is 0 Å². The molecule has 0 spiro atoms. The van der Waals surface area contributed by atoms with Gasteiger partial charge in [0.2, 0.25) is 0 Å². The van der Waals surface area contributed by atoms with Crippen molar-refractivity contribution in [3.63, 3.8) is 0 Å². The molecule has 0 atom stereocenters. The molecule has 2 aromatic rings. The van der Waals surface area contributed by atoms with Gasteiger partial charge in [-0.1, -0.05) is 36.4 Å². The molecule has 1 heteroatoms. The summed E-state index contributed by atoms with van der Waals surface area (Å²) in [5.41, 5.74) is 1.49. The highest BCUT2D eigenvalue weighted by atomic mass is 79.9. The van der Waals surface area contributed by atoms with Gasteiger partial charge in [-0.25, -0.2) is 0 Å². The first-order valence-electron chi connectivity index (χ1n) is 5.03. The van der Waals surface area contributed by atoms with Crippen LogP contribution in [0.25, 0.3) is 10.8 Å². The fraction of sp³-hybridized carbons (Fsp3) is 0.231. The van der Waals surface area contributed by atoms with E-state index in [1.54, 1.807) is 0 Å². The van der Waals surface area contributed by atoms with Crippen LogP contribution >= 0.6 is 15.9 Å². The van der Waals surface area contributed by atoms with Gasteiger partial charge in [0.25, 0.3) is 0 Å². The molecule has 3 rings (SSSR count). The van der Waals surface area contributed by atoms with Gasteiger partial charge in [0.05, 0.1) is 0 Å². The maximum absolute atomic E-state index is 3.72. The third-order valence-corrected chi connectivity index (χ3v) is 3.80. The number of hydrogen-bond donors (Lipinski definition) is 0. The zero-order valence-corrected chi connectivity index (χ0v) is 9.42. The van der Waals surface area contributed by atoms with E-state index < -0.39 is 0 Å². The summed E-state index contributed by atoms with van der Waals surface area (Å²) < 4.78 is 1.30. The Hall–Kier alpha value is -0.820. The average Bonchev–Trinajstić information content (AvgIpc) is 3.03. The summed E-state index contributed by atoms with van der Waals surface area (Å²) in [6.07, 6.45) is 2.72. The van der Waals surface area contributed by atoms with Gasteiger partial charge in [0.1, 0.15) is 0 Å². The molecule has 0 saturated heterocycles. The van der Waals surface area contributed by atoms with Crippen molar-refractivity contribution in [1.82, 2.24) is 0 Å². The normalized spacial score (nSPS) is 16.1. The summed E-state index contributed by atoms with van der Waals surface area (Å²) in [6.45, 7) is 0. The lowest BCUT2D eigenvalue weighted by atomic mass is 10.0. The molecule has 0 unspecified atom stereocenters. The Morgan fingerprint density at radius 2 is 1.79 bits per heavy atom. The number of hydrogen-bond acceptors (Lipinski definition) is 0. The topological polar surface area (TPSA) is 0 Å². The van der Waals surface area contributed by atoms with E-state index in [2.05, 4.69) is 52.3 Å². The van der Waals surface area contributed by atoms with Crippen LogP contribution in [-0.2, 0) is 0 Å². The second-order valence-corrected chi connectivity index (χ2v) is 4.76. The van der Waals surface area contributed by atoms with E-state index in [9.17, 15) is 0 Å². The summed E-state index contributed by atoms with van der Waals surface area (Å²) in [7, 11) is 0. The molecule has 1 saturated carbocycles. The van der Waals surface area contributed by atoms with Crippen LogP contribution in [0, 0.1) is 0 Å². The number of halogens is 1. The molecule has 0 bridgehead atoms. The molecule has 1 aliphatic carbocycles. The lowest BCUT2D eigenvalue weighted by Gasteiger charge is -2.06. The summed E-state index contributed by atoms with van der Waals surface area (Å²) in [6, 6.07) is 13.0. The molecule has 1 aliphatic rings. The van der Waals surface area contributed by atoms with E-state index in [1.807, 2.05) is 0 Å². The smallest absolute Gasteiger partial charge is 0.0288 e. The first-order chi connectivity index (χ1) is 6.86. The maximum atomic E-state index is 3.72. The molecule has 0 aromatic heterocycles. The quantitative estimate of drug-likeness (QED) is 0.696. The highest BCUT2D eigenvalue weighted by Crippen LogP contribution is 2.45. The summed E-state index contributed by atoms with van der Waals surface area (Å²) >= 11 is 3.72. The summed E-state index contributed by atoms with van der Waals surface area (Å²) in [5, 5.41) is 2.67. The first kappa shape index (κ1) is 8.49. The molecule has 0 radical (unpaired) electrons. The average molecular weight is 247 g/mol. The van der Waals surface area contributed by atoms with Gasteiger partial charge in [0, 0.05) is 4.47 Å². The SMILES string of the molecule is Brc1c(C2CC2)ccc2ccccc12.